The summed E-state index contributed by atoms with van der Waals surface area (Å²) >= 11 is 3.48. The van der Waals surface area contributed by atoms with Gasteiger partial charge in [0.1, 0.15) is 12.1 Å². The summed E-state index contributed by atoms with van der Waals surface area (Å²) in [5.41, 5.74) is 0.934. The number of β-amino-alcohol motifs (C(OH)–C–C–N with tert-alkyl or cyclic N) is 1. The average Bonchev–Trinajstić information content (AvgIpc) is 2.38. The minimum atomic E-state index is -0.254. The standard InChI is InChI=1S/C13H14BrN3O/c14-9-3-4-12-11(6-9)13(16-8-15-12)17-5-1-2-10(18)7-17/h3-4,6,8,10,18H,1-2,5,7H2. The van der Waals surface area contributed by atoms with Gasteiger partial charge in [-0.15, -0.1) is 0 Å². The zero-order valence-corrected chi connectivity index (χ0v) is 11.5. The van der Waals surface area contributed by atoms with Crippen LogP contribution in [-0.4, -0.2) is 34.3 Å². The highest BCUT2D eigenvalue weighted by Gasteiger charge is 2.20. The highest BCUT2D eigenvalue weighted by molar-refractivity contribution is 9.10. The molecule has 2 heterocycles. The second-order valence-corrected chi connectivity index (χ2v) is 5.52. The number of fused-ring (bicyclic) bond motifs is 1. The molecule has 0 bridgehead atoms. The molecule has 94 valence electrons. The Morgan fingerprint density at radius 2 is 2.22 bits per heavy atom. The summed E-state index contributed by atoms with van der Waals surface area (Å²) < 4.78 is 1.02. The predicted octanol–water partition coefficient (Wildman–Crippen LogP) is 2.35. The Morgan fingerprint density at radius 3 is 3.06 bits per heavy atom. The molecule has 0 radical (unpaired) electrons. The van der Waals surface area contributed by atoms with Crippen LogP contribution in [0, 0.1) is 0 Å². The van der Waals surface area contributed by atoms with Crippen LogP contribution in [0.15, 0.2) is 29.0 Å². The van der Waals surface area contributed by atoms with E-state index in [1.165, 1.54) is 0 Å². The maximum Gasteiger partial charge on any atom is 0.140 e. The summed E-state index contributed by atoms with van der Waals surface area (Å²) in [6.45, 7) is 1.59. The van der Waals surface area contributed by atoms with Crippen molar-refractivity contribution < 1.29 is 5.11 Å². The van der Waals surface area contributed by atoms with E-state index in [9.17, 15) is 5.11 Å². The molecular weight excluding hydrogens is 294 g/mol. The van der Waals surface area contributed by atoms with Crippen LogP contribution in [-0.2, 0) is 0 Å². The third-order valence-electron chi connectivity index (χ3n) is 3.27. The van der Waals surface area contributed by atoms with Crippen molar-refractivity contribution in [2.75, 3.05) is 18.0 Å². The van der Waals surface area contributed by atoms with Crippen LogP contribution in [0.3, 0.4) is 0 Å². The van der Waals surface area contributed by atoms with Crippen LogP contribution in [0.5, 0.6) is 0 Å². The lowest BCUT2D eigenvalue weighted by atomic mass is 10.1. The Balaban J connectivity index is 2.07. The summed E-state index contributed by atoms with van der Waals surface area (Å²) in [5, 5.41) is 10.8. The molecule has 1 atom stereocenters. The van der Waals surface area contributed by atoms with E-state index in [0.29, 0.717) is 6.54 Å². The quantitative estimate of drug-likeness (QED) is 0.878. The SMILES string of the molecule is OC1CCCN(c2ncnc3ccc(Br)cc23)C1. The maximum absolute atomic E-state index is 9.77. The van der Waals surface area contributed by atoms with Crippen LogP contribution in [0.4, 0.5) is 5.82 Å². The van der Waals surface area contributed by atoms with Crippen LogP contribution >= 0.6 is 15.9 Å². The van der Waals surface area contributed by atoms with E-state index < -0.39 is 0 Å². The van der Waals surface area contributed by atoms with Gasteiger partial charge < -0.3 is 10.0 Å². The van der Waals surface area contributed by atoms with Gasteiger partial charge in [-0.2, -0.15) is 0 Å². The van der Waals surface area contributed by atoms with Crippen LogP contribution in [0.25, 0.3) is 10.9 Å². The topological polar surface area (TPSA) is 49.2 Å². The predicted molar refractivity (Wildman–Crippen MR) is 74.7 cm³/mol. The Kier molecular flexibility index (Phi) is 3.18. The number of aliphatic hydroxyl groups is 1. The highest BCUT2D eigenvalue weighted by Crippen LogP contribution is 2.27. The van der Waals surface area contributed by atoms with Crippen molar-refractivity contribution in [3.05, 3.63) is 29.0 Å². The van der Waals surface area contributed by atoms with E-state index in [-0.39, 0.29) is 6.10 Å². The molecule has 3 rings (SSSR count). The number of anilines is 1. The van der Waals surface area contributed by atoms with E-state index in [1.807, 2.05) is 18.2 Å². The van der Waals surface area contributed by atoms with Gasteiger partial charge in [-0.05, 0) is 31.0 Å². The van der Waals surface area contributed by atoms with Gasteiger partial charge in [0, 0.05) is 22.9 Å². The Bertz CT molecular complexity index is 575. The lowest BCUT2D eigenvalue weighted by Gasteiger charge is -2.31. The third-order valence-corrected chi connectivity index (χ3v) is 3.77. The van der Waals surface area contributed by atoms with Gasteiger partial charge >= 0.3 is 0 Å². The lowest BCUT2D eigenvalue weighted by molar-refractivity contribution is 0.154. The van der Waals surface area contributed by atoms with E-state index in [2.05, 4.69) is 30.8 Å². The van der Waals surface area contributed by atoms with E-state index in [0.717, 1.165) is 40.6 Å². The van der Waals surface area contributed by atoms with Crippen molar-refractivity contribution in [2.24, 2.45) is 0 Å². The number of halogens is 1. The first-order chi connectivity index (χ1) is 8.74. The summed E-state index contributed by atoms with van der Waals surface area (Å²) in [7, 11) is 0. The minimum Gasteiger partial charge on any atom is -0.391 e. The van der Waals surface area contributed by atoms with Gasteiger partial charge in [0.2, 0.25) is 0 Å². The van der Waals surface area contributed by atoms with Gasteiger partial charge in [0.25, 0.3) is 0 Å². The normalized spacial score (nSPS) is 20.3. The van der Waals surface area contributed by atoms with Gasteiger partial charge in [0.05, 0.1) is 11.6 Å². The molecule has 2 aromatic rings. The molecule has 1 aliphatic heterocycles. The molecule has 18 heavy (non-hydrogen) atoms. The monoisotopic (exact) mass is 307 g/mol. The zero-order chi connectivity index (χ0) is 12.5. The van der Waals surface area contributed by atoms with Gasteiger partial charge in [-0.25, -0.2) is 9.97 Å². The van der Waals surface area contributed by atoms with Crippen molar-refractivity contribution >= 4 is 32.7 Å². The summed E-state index contributed by atoms with van der Waals surface area (Å²) in [6.07, 6.45) is 3.21. The molecule has 1 aromatic heterocycles. The summed E-state index contributed by atoms with van der Waals surface area (Å²) in [4.78, 5) is 10.8. The zero-order valence-electron chi connectivity index (χ0n) is 9.88. The van der Waals surface area contributed by atoms with Crippen LogP contribution < -0.4 is 4.90 Å². The molecule has 1 saturated heterocycles. The first-order valence-corrected chi connectivity index (χ1v) is 6.86. The van der Waals surface area contributed by atoms with Crippen molar-refractivity contribution in [2.45, 2.75) is 18.9 Å². The molecule has 0 aliphatic carbocycles. The number of rotatable bonds is 1. The Hall–Kier alpha value is -1.20. The van der Waals surface area contributed by atoms with E-state index in [1.54, 1.807) is 6.33 Å². The van der Waals surface area contributed by atoms with Gasteiger partial charge in [0.15, 0.2) is 0 Å². The third kappa shape index (κ3) is 2.20. The van der Waals surface area contributed by atoms with E-state index >= 15 is 0 Å². The highest BCUT2D eigenvalue weighted by atomic mass is 79.9. The summed E-state index contributed by atoms with van der Waals surface area (Å²) in [5.74, 6) is 0.917. The molecule has 0 spiro atoms. The molecule has 5 heteroatoms. The van der Waals surface area contributed by atoms with Crippen LogP contribution in [0.1, 0.15) is 12.8 Å². The average molecular weight is 308 g/mol. The Morgan fingerprint density at radius 1 is 1.33 bits per heavy atom. The number of aliphatic hydroxyl groups excluding tert-OH is 1. The molecule has 1 unspecified atom stereocenters. The largest absolute Gasteiger partial charge is 0.391 e. The van der Waals surface area contributed by atoms with Crippen molar-refractivity contribution in [3.63, 3.8) is 0 Å². The van der Waals surface area contributed by atoms with Crippen molar-refractivity contribution in [1.82, 2.24) is 9.97 Å². The molecule has 1 fully saturated rings. The molecule has 1 aliphatic rings. The number of nitrogens with zero attached hydrogens (tertiary/aromatic N) is 3. The van der Waals surface area contributed by atoms with Gasteiger partial charge in [-0.1, -0.05) is 15.9 Å². The van der Waals surface area contributed by atoms with Crippen molar-refractivity contribution in [1.29, 1.82) is 0 Å². The summed E-state index contributed by atoms with van der Waals surface area (Å²) in [6, 6.07) is 5.99. The number of piperidine rings is 1. The van der Waals surface area contributed by atoms with Gasteiger partial charge in [-0.3, -0.25) is 0 Å². The number of hydrogen-bond acceptors (Lipinski definition) is 4. The number of benzene rings is 1. The molecule has 0 saturated carbocycles. The van der Waals surface area contributed by atoms with E-state index in [4.69, 9.17) is 0 Å². The smallest absolute Gasteiger partial charge is 0.140 e. The second-order valence-electron chi connectivity index (χ2n) is 4.60. The van der Waals surface area contributed by atoms with Crippen molar-refractivity contribution in [3.8, 4) is 0 Å². The second kappa shape index (κ2) is 4.82. The number of aromatic nitrogens is 2. The first kappa shape index (κ1) is 11.9. The molecule has 1 aromatic carbocycles. The molecule has 1 N–H and O–H groups in total. The Labute approximate surface area is 114 Å². The lowest BCUT2D eigenvalue weighted by Crippen LogP contribution is -2.38. The molecule has 0 amide bonds. The fourth-order valence-corrected chi connectivity index (χ4v) is 2.78. The first-order valence-electron chi connectivity index (χ1n) is 6.07. The maximum atomic E-state index is 9.77. The molecular formula is C13H14BrN3O. The fourth-order valence-electron chi connectivity index (χ4n) is 2.41. The molecule has 4 nitrogen and oxygen atoms in total. The number of hydrogen-bond donors (Lipinski definition) is 1. The van der Waals surface area contributed by atoms with Crippen LogP contribution in [0.2, 0.25) is 0 Å². The fraction of sp³-hybridized carbons (Fsp3) is 0.385. The minimum absolute atomic E-state index is 0.254.